The van der Waals surface area contributed by atoms with E-state index in [0.717, 1.165) is 0 Å². The molecule has 0 bridgehead atoms. The predicted octanol–water partition coefficient (Wildman–Crippen LogP) is -18.4. The van der Waals surface area contributed by atoms with Crippen LogP contribution in [0.3, 0.4) is 0 Å². The molecule has 0 atom stereocenters. The molecule has 27 heteroatoms. The van der Waals surface area contributed by atoms with Gasteiger partial charge in [-0.1, -0.05) is 0 Å². The van der Waals surface area contributed by atoms with Crippen molar-refractivity contribution >= 4 is 103 Å². The second kappa shape index (κ2) is 52.7. The van der Waals surface area contributed by atoms with Crippen LogP contribution < -0.4 is 55.9 Å². The summed E-state index contributed by atoms with van der Waals surface area (Å²) in [5.41, 5.74) is 0. The minimum absolute atomic E-state index is 0. The van der Waals surface area contributed by atoms with Crippen LogP contribution in [0, 0.1) is 64.7 Å². The number of rotatable bonds is 0. The molecule has 0 amide bonds. The van der Waals surface area contributed by atoms with Gasteiger partial charge >= 0.3 is 0 Å². The smallest absolute Gasteiger partial charge is 0.282 e. The second-order valence-electron chi connectivity index (χ2n) is 1.21. The van der Waals surface area contributed by atoms with E-state index in [1.165, 1.54) is 0 Å². The van der Waals surface area contributed by atoms with Gasteiger partial charge in [0, 0.05) is 151 Å². The summed E-state index contributed by atoms with van der Waals surface area (Å²) < 4.78 is 144. The first-order valence-corrected chi connectivity index (χ1v) is 8.60. The van der Waals surface area contributed by atoms with Crippen molar-refractivity contribution in [1.82, 2.24) is 0 Å². The van der Waals surface area contributed by atoms with Crippen LogP contribution >= 0.6 is 0 Å². The molecule has 0 spiro atoms. The molecule has 0 aliphatic heterocycles. The molecule has 167 valence electrons. The van der Waals surface area contributed by atoms with Crippen LogP contribution in [0.2, 0.25) is 0 Å². The van der Waals surface area contributed by atoms with Crippen LogP contribution in [-0.4, -0.2) is 131 Å². The van der Waals surface area contributed by atoms with E-state index in [-0.39, 0.29) is 123 Å². The van der Waals surface area contributed by atoms with Gasteiger partial charge in [-0.2, -0.15) is 0 Å². The van der Waals surface area contributed by atoms with Crippen LogP contribution in [0.15, 0.2) is 0 Å². The van der Waals surface area contributed by atoms with Crippen molar-refractivity contribution in [1.29, 1.82) is 0 Å². The standard InChI is InChI=1S/6ClHO3.Ir.2K/c6*2-1(3)4;;;/h6*2H;;;. The van der Waals surface area contributed by atoms with Crippen molar-refractivity contribution in [3.63, 3.8) is 0 Å². The molecule has 0 aliphatic rings. The molecule has 0 aromatic rings. The molecule has 0 unspecified atom stereocenters. The first-order valence-electron chi connectivity index (χ1n) is 2.87. The van der Waals surface area contributed by atoms with E-state index in [1.807, 2.05) is 0 Å². The molecule has 0 rings (SSSR count). The zero-order chi connectivity index (χ0) is 21.5. The summed E-state index contributed by atoms with van der Waals surface area (Å²) in [7, 11) is -15.6. The fraction of sp³-hybridized carbons (Fsp3) is 0. The number of hydrogen-bond acceptors (Lipinski definition) is 18. The number of hydrogen-bond donors (Lipinski definition) is 6. The molecule has 18 nitrogen and oxygen atoms in total. The van der Waals surface area contributed by atoms with Crippen LogP contribution in [0.5, 0.6) is 0 Å². The topological polar surface area (TPSA) is 398 Å². The Kier molecular flexibility index (Phi) is 113. The third-order valence-electron chi connectivity index (χ3n) is 0. The molecule has 27 heavy (non-hydrogen) atoms. The van der Waals surface area contributed by atoms with E-state index < -0.39 is 64.7 Å². The zero-order valence-electron chi connectivity index (χ0n) is 12.2. The van der Waals surface area contributed by atoms with Gasteiger partial charge in [-0.3, -0.25) is 0 Å². The molecule has 0 fully saturated rings. The van der Waals surface area contributed by atoms with Crippen LogP contribution in [0.25, 0.3) is 0 Å². The van der Waals surface area contributed by atoms with Crippen molar-refractivity contribution in [3.8, 4) is 0 Å². The minimum atomic E-state index is -2.60. The van der Waals surface area contributed by atoms with E-state index in [4.69, 9.17) is 83.9 Å². The fourth-order valence-electron chi connectivity index (χ4n) is 0. The first kappa shape index (κ1) is 58.1. The van der Waals surface area contributed by atoms with Gasteiger partial charge in [0.25, 0.3) is 64.7 Å². The van der Waals surface area contributed by atoms with Crippen LogP contribution in [-0.2, 0) is 20.1 Å². The van der Waals surface area contributed by atoms with Gasteiger partial charge in [0.2, 0.25) is 0 Å². The monoisotopic (exact) mass is 775 g/mol. The Morgan fingerprint density at radius 1 is 0.296 bits per heavy atom. The van der Waals surface area contributed by atoms with Crippen molar-refractivity contribution in [3.05, 3.63) is 0 Å². The van der Waals surface area contributed by atoms with Gasteiger partial charge in [0.05, 0.1) is 0 Å². The van der Waals surface area contributed by atoms with Crippen LogP contribution in [0.4, 0.5) is 0 Å². The molecular weight excluding hydrogens is 771 g/mol. The summed E-state index contributed by atoms with van der Waals surface area (Å²) >= 11 is 0. The normalized spacial score (nSPS) is 8.00. The predicted molar refractivity (Wildman–Crippen MR) is 24.8 cm³/mol. The summed E-state index contributed by atoms with van der Waals surface area (Å²) in [6.07, 6.45) is 0. The molecule has 0 aromatic heterocycles. The largest absolute Gasteiger partial charge is 0.321 e. The zero-order valence-corrected chi connectivity index (χ0v) is 25.4. The quantitative estimate of drug-likeness (QED) is 0.124. The summed E-state index contributed by atoms with van der Waals surface area (Å²) in [6, 6.07) is 0. The first-order chi connectivity index (χ1) is 10.4. The molecule has 0 saturated heterocycles. The summed E-state index contributed by atoms with van der Waals surface area (Å²) in [6.45, 7) is 0. The van der Waals surface area contributed by atoms with Crippen LogP contribution in [0.1, 0.15) is 0 Å². The van der Waals surface area contributed by atoms with Gasteiger partial charge in [-0.25, -0.2) is 0 Å². The molecule has 0 saturated carbocycles. The average Bonchev–Trinajstić information content (AvgIpc) is 2.08. The van der Waals surface area contributed by atoms with E-state index in [0.29, 0.717) is 0 Å². The Morgan fingerprint density at radius 3 is 0.296 bits per heavy atom. The van der Waals surface area contributed by atoms with Crippen molar-refractivity contribution < 1.29 is 169 Å². The maximum absolute atomic E-state index is 8.52. The van der Waals surface area contributed by atoms with Crippen molar-refractivity contribution in [2.45, 2.75) is 0 Å². The summed E-state index contributed by atoms with van der Waals surface area (Å²) in [4.78, 5) is 0. The molecule has 0 heterocycles. The Bertz CT molecular complexity index is 111. The maximum Gasteiger partial charge on any atom is 0.282 e. The summed E-state index contributed by atoms with van der Waals surface area (Å²) in [5, 5.41) is 0. The van der Waals surface area contributed by atoms with Gasteiger partial charge in [0.15, 0.2) is 0 Å². The molecular formula is H6Cl6IrK2O18. The molecule has 3 radical (unpaired) electrons. The number of halogens is 6. The van der Waals surface area contributed by atoms with Gasteiger partial charge in [-0.15, -0.1) is 0 Å². The SMILES string of the molecule is [Ir].[K].[K].[O-][Cl+2]([O-])O.[O-][Cl+2]([O-])O.[O-][Cl+2]([O-])O.[O-][Cl+2]([O-])O.[O-][Cl+2]([O-])O.[O-][Cl+2]([O-])O. The van der Waals surface area contributed by atoms with E-state index >= 15 is 0 Å². The average molecular weight is 777 g/mol. The minimum Gasteiger partial charge on any atom is -0.321 e. The van der Waals surface area contributed by atoms with Crippen molar-refractivity contribution in [2.24, 2.45) is 0 Å². The van der Waals surface area contributed by atoms with Gasteiger partial charge < -0.3 is 55.9 Å². The van der Waals surface area contributed by atoms with E-state index in [1.54, 1.807) is 0 Å². The Hall–Kier alpha value is 4.94. The second-order valence-corrected chi connectivity index (χ2v) is 3.62. The Morgan fingerprint density at radius 2 is 0.296 bits per heavy atom. The van der Waals surface area contributed by atoms with Gasteiger partial charge in [0.1, 0.15) is 0 Å². The van der Waals surface area contributed by atoms with E-state index in [2.05, 4.69) is 0 Å². The maximum atomic E-state index is 8.52. The fourth-order valence-corrected chi connectivity index (χ4v) is 0. The molecule has 6 N–H and O–H groups in total. The van der Waals surface area contributed by atoms with E-state index in [9.17, 15) is 0 Å². The van der Waals surface area contributed by atoms with Crippen molar-refractivity contribution in [2.75, 3.05) is 0 Å². The third-order valence-corrected chi connectivity index (χ3v) is 0. The Balaban J connectivity index is -0.0000000201. The Labute approximate surface area is 266 Å². The molecule has 0 aliphatic carbocycles. The summed E-state index contributed by atoms with van der Waals surface area (Å²) in [5.74, 6) is 0. The third kappa shape index (κ3) is 1060. The molecule has 0 aromatic carbocycles. The van der Waals surface area contributed by atoms with Gasteiger partial charge in [-0.05, 0) is 0 Å².